The maximum atomic E-state index is 14.0. The third-order valence-corrected chi connectivity index (χ3v) is 2.81. The lowest BCUT2D eigenvalue weighted by atomic mass is 9.88. The Bertz CT molecular complexity index is 207. The molecule has 84 valence electrons. The van der Waals surface area contributed by atoms with Gasteiger partial charge in [-0.15, -0.1) is 0 Å². The number of hydrogen-bond acceptors (Lipinski definition) is 3. The first-order valence-corrected chi connectivity index (χ1v) is 4.95. The van der Waals surface area contributed by atoms with E-state index in [1.807, 2.05) is 4.90 Å². The highest BCUT2D eigenvalue weighted by atomic mass is 19.1. The number of alkyl halides is 1. The van der Waals surface area contributed by atoms with E-state index in [2.05, 4.69) is 20.8 Å². The Kier molecular flexibility index (Phi) is 2.91. The lowest BCUT2D eigenvalue weighted by molar-refractivity contribution is -0.179. The Morgan fingerprint density at radius 1 is 1.36 bits per heavy atom. The molecule has 14 heavy (non-hydrogen) atoms. The van der Waals surface area contributed by atoms with E-state index >= 15 is 0 Å². The van der Waals surface area contributed by atoms with Crippen LogP contribution in [-0.2, 0) is 0 Å². The molecule has 1 saturated heterocycles. The van der Waals surface area contributed by atoms with Crippen LogP contribution in [-0.4, -0.2) is 59.5 Å². The molecule has 1 unspecified atom stereocenters. The van der Waals surface area contributed by atoms with E-state index < -0.39 is 11.9 Å². The van der Waals surface area contributed by atoms with Crippen LogP contribution in [0.25, 0.3) is 0 Å². The summed E-state index contributed by atoms with van der Waals surface area (Å²) in [5.41, 5.74) is -1.47. The Morgan fingerprint density at radius 3 is 2.07 bits per heavy atom. The van der Waals surface area contributed by atoms with Crippen LogP contribution in [0.5, 0.6) is 0 Å². The van der Waals surface area contributed by atoms with Gasteiger partial charge in [0.05, 0.1) is 0 Å². The molecule has 1 N–H and O–H groups in total. The predicted octanol–water partition coefficient (Wildman–Crippen LogP) is 0.689. The summed E-state index contributed by atoms with van der Waals surface area (Å²) in [7, 11) is 3.37. The molecule has 1 rings (SSSR count). The molecule has 0 saturated carbocycles. The van der Waals surface area contributed by atoms with Crippen molar-refractivity contribution in [3.05, 3.63) is 0 Å². The first kappa shape index (κ1) is 11.9. The molecule has 1 atom stereocenters. The van der Waals surface area contributed by atoms with Crippen molar-refractivity contribution in [1.29, 1.82) is 0 Å². The minimum absolute atomic E-state index is 0.0123. The van der Waals surface area contributed by atoms with Crippen molar-refractivity contribution in [3.63, 3.8) is 0 Å². The van der Waals surface area contributed by atoms with Gasteiger partial charge in [-0.1, -0.05) is 0 Å². The molecule has 1 aliphatic rings. The molecule has 0 aromatic rings. The van der Waals surface area contributed by atoms with Gasteiger partial charge in [0, 0.05) is 18.6 Å². The van der Waals surface area contributed by atoms with E-state index in [-0.39, 0.29) is 5.54 Å². The second-order valence-corrected chi connectivity index (χ2v) is 5.40. The molecule has 4 heteroatoms. The fourth-order valence-electron chi connectivity index (χ4n) is 1.69. The monoisotopic (exact) mass is 204 g/mol. The summed E-state index contributed by atoms with van der Waals surface area (Å²) >= 11 is 0. The molecule has 1 aliphatic heterocycles. The van der Waals surface area contributed by atoms with Crippen LogP contribution in [0.3, 0.4) is 0 Å². The third-order valence-electron chi connectivity index (χ3n) is 2.81. The average Bonchev–Trinajstić information content (AvgIpc) is 1.95. The molecule has 3 nitrogen and oxygen atoms in total. The van der Waals surface area contributed by atoms with Gasteiger partial charge in [-0.2, -0.15) is 0 Å². The van der Waals surface area contributed by atoms with Gasteiger partial charge in [-0.3, -0.25) is 9.80 Å². The maximum absolute atomic E-state index is 14.0. The summed E-state index contributed by atoms with van der Waals surface area (Å²) in [5, 5.41) is 9.61. The molecule has 0 amide bonds. The van der Waals surface area contributed by atoms with Gasteiger partial charge < -0.3 is 5.11 Å². The van der Waals surface area contributed by atoms with E-state index in [0.717, 1.165) is 0 Å². The van der Waals surface area contributed by atoms with Crippen LogP contribution in [0.15, 0.2) is 0 Å². The summed E-state index contributed by atoms with van der Waals surface area (Å²) in [6.45, 7) is 6.78. The number of rotatable bonds is 2. The number of aliphatic hydroxyl groups excluding tert-OH is 1. The van der Waals surface area contributed by atoms with Gasteiger partial charge in [0.25, 0.3) is 0 Å². The maximum Gasteiger partial charge on any atom is 0.175 e. The largest absolute Gasteiger partial charge is 0.375 e. The first-order chi connectivity index (χ1) is 6.17. The highest BCUT2D eigenvalue weighted by molar-refractivity contribution is 5.03. The second-order valence-electron chi connectivity index (χ2n) is 5.40. The van der Waals surface area contributed by atoms with Crippen LogP contribution >= 0.6 is 0 Å². The van der Waals surface area contributed by atoms with Crippen LogP contribution in [0.2, 0.25) is 0 Å². The zero-order valence-electron chi connectivity index (χ0n) is 9.71. The normalized spacial score (nSPS) is 24.9. The van der Waals surface area contributed by atoms with Crippen molar-refractivity contribution >= 4 is 0 Å². The molecule has 0 aromatic carbocycles. The fourth-order valence-corrected chi connectivity index (χ4v) is 1.69. The van der Waals surface area contributed by atoms with Gasteiger partial charge in [0.15, 0.2) is 5.67 Å². The number of nitrogens with zero attached hydrogens (tertiary/aromatic N) is 2. The van der Waals surface area contributed by atoms with E-state index in [1.54, 1.807) is 14.1 Å². The van der Waals surface area contributed by atoms with Crippen LogP contribution in [0.4, 0.5) is 4.39 Å². The Balaban J connectivity index is 2.53. The van der Waals surface area contributed by atoms with Crippen LogP contribution in [0, 0.1) is 0 Å². The van der Waals surface area contributed by atoms with Crippen molar-refractivity contribution in [2.24, 2.45) is 0 Å². The number of likely N-dealkylation sites (tertiary alicyclic amines) is 1. The molecular weight excluding hydrogens is 183 g/mol. The zero-order valence-corrected chi connectivity index (χ0v) is 9.71. The fraction of sp³-hybridized carbons (Fsp3) is 1.00. The first-order valence-electron chi connectivity index (χ1n) is 4.95. The van der Waals surface area contributed by atoms with Crippen molar-refractivity contribution < 1.29 is 9.50 Å². The lowest BCUT2D eigenvalue weighted by Gasteiger charge is -2.53. The summed E-state index contributed by atoms with van der Waals surface area (Å²) in [6.07, 6.45) is -0.999. The lowest BCUT2D eigenvalue weighted by Crippen LogP contribution is -2.71. The topological polar surface area (TPSA) is 26.7 Å². The van der Waals surface area contributed by atoms with E-state index in [4.69, 9.17) is 0 Å². The second kappa shape index (κ2) is 3.43. The Morgan fingerprint density at radius 2 is 1.79 bits per heavy atom. The summed E-state index contributed by atoms with van der Waals surface area (Å²) in [4.78, 5) is 3.54. The smallest absolute Gasteiger partial charge is 0.175 e. The highest BCUT2D eigenvalue weighted by Gasteiger charge is 2.52. The Hall–Kier alpha value is -0.190. The minimum atomic E-state index is -1.46. The summed E-state index contributed by atoms with van der Waals surface area (Å²) in [6, 6.07) is 0. The average molecular weight is 204 g/mol. The predicted molar refractivity (Wildman–Crippen MR) is 54.9 cm³/mol. The molecule has 1 heterocycles. The van der Waals surface area contributed by atoms with Gasteiger partial charge in [0.1, 0.15) is 6.23 Å². The molecule has 0 radical (unpaired) electrons. The summed E-state index contributed by atoms with van der Waals surface area (Å²) < 4.78 is 14.0. The van der Waals surface area contributed by atoms with Crippen LogP contribution in [0.1, 0.15) is 20.8 Å². The SMILES string of the molecule is CN(C)C(O)C1(F)CN(C(C)(C)C)C1. The van der Waals surface area contributed by atoms with E-state index in [1.165, 1.54) is 4.90 Å². The molecule has 0 aliphatic carbocycles. The van der Waals surface area contributed by atoms with Crippen molar-refractivity contribution in [1.82, 2.24) is 9.80 Å². The minimum Gasteiger partial charge on any atom is -0.375 e. The third kappa shape index (κ3) is 2.07. The van der Waals surface area contributed by atoms with Gasteiger partial charge >= 0.3 is 0 Å². The molecule has 0 spiro atoms. The van der Waals surface area contributed by atoms with Gasteiger partial charge in [0.2, 0.25) is 0 Å². The van der Waals surface area contributed by atoms with Gasteiger partial charge in [-0.25, -0.2) is 4.39 Å². The number of halogens is 1. The van der Waals surface area contributed by atoms with E-state index in [0.29, 0.717) is 13.1 Å². The number of hydrogen-bond donors (Lipinski definition) is 1. The van der Waals surface area contributed by atoms with Gasteiger partial charge in [-0.05, 0) is 34.9 Å². The van der Waals surface area contributed by atoms with Crippen LogP contribution < -0.4 is 0 Å². The summed E-state index contributed by atoms with van der Waals surface area (Å²) in [5.74, 6) is 0. The molecule has 0 bridgehead atoms. The standard InChI is InChI=1S/C10H21FN2O/c1-9(2,3)13-6-10(11,7-13)8(14)12(4)5/h8,14H,6-7H2,1-5H3. The molecule has 0 aromatic heterocycles. The van der Waals surface area contributed by atoms with Crippen molar-refractivity contribution in [2.45, 2.75) is 38.2 Å². The number of aliphatic hydroxyl groups is 1. The van der Waals surface area contributed by atoms with Crippen molar-refractivity contribution in [2.75, 3.05) is 27.2 Å². The molecule has 1 fully saturated rings. The molecular formula is C10H21FN2O. The van der Waals surface area contributed by atoms with E-state index in [9.17, 15) is 9.50 Å². The Labute approximate surface area is 85.5 Å². The highest BCUT2D eigenvalue weighted by Crippen LogP contribution is 2.34. The quantitative estimate of drug-likeness (QED) is 0.670. The van der Waals surface area contributed by atoms with Crippen molar-refractivity contribution in [3.8, 4) is 0 Å². The zero-order chi connectivity index (χ0) is 11.1.